The van der Waals surface area contributed by atoms with E-state index in [1.807, 2.05) is 0 Å². The van der Waals surface area contributed by atoms with E-state index in [9.17, 15) is 0 Å². The van der Waals surface area contributed by atoms with Crippen molar-refractivity contribution in [3.8, 4) is 0 Å². The lowest BCUT2D eigenvalue weighted by molar-refractivity contribution is 0.250. The first kappa shape index (κ1) is 24.4. The van der Waals surface area contributed by atoms with Crippen molar-refractivity contribution in [3.63, 3.8) is 0 Å². The molecule has 3 rings (SSSR count). The fourth-order valence-electron chi connectivity index (χ4n) is 4.60. The SMILES string of the molecule is CCNC(=NCCCc1nnc2n1CCCCC2)NC1CCC(C(C)C)CC1.I. The first-order chi connectivity index (χ1) is 13.7. The molecule has 0 aromatic carbocycles. The van der Waals surface area contributed by atoms with Crippen LogP contribution >= 0.6 is 24.0 Å². The average Bonchev–Trinajstić information content (AvgIpc) is 2.92. The minimum absolute atomic E-state index is 0. The van der Waals surface area contributed by atoms with E-state index in [-0.39, 0.29) is 24.0 Å². The normalized spacial score (nSPS) is 22.6. The van der Waals surface area contributed by atoms with Gasteiger partial charge in [-0.15, -0.1) is 34.2 Å². The highest BCUT2D eigenvalue weighted by atomic mass is 127. The molecule has 166 valence electrons. The Bertz CT molecular complexity index is 619. The lowest BCUT2D eigenvalue weighted by Gasteiger charge is -2.32. The first-order valence-corrected chi connectivity index (χ1v) is 11.6. The van der Waals surface area contributed by atoms with Gasteiger partial charge >= 0.3 is 0 Å². The highest BCUT2D eigenvalue weighted by molar-refractivity contribution is 14.0. The van der Waals surface area contributed by atoms with E-state index < -0.39 is 0 Å². The smallest absolute Gasteiger partial charge is 0.191 e. The van der Waals surface area contributed by atoms with E-state index in [4.69, 9.17) is 4.99 Å². The van der Waals surface area contributed by atoms with Crippen LogP contribution in [0.2, 0.25) is 0 Å². The van der Waals surface area contributed by atoms with Crippen molar-refractivity contribution in [1.29, 1.82) is 0 Å². The van der Waals surface area contributed by atoms with Crippen LogP contribution in [0.15, 0.2) is 4.99 Å². The Morgan fingerprint density at radius 1 is 1.14 bits per heavy atom. The van der Waals surface area contributed by atoms with E-state index in [2.05, 4.69) is 46.2 Å². The van der Waals surface area contributed by atoms with Gasteiger partial charge in [0.1, 0.15) is 11.6 Å². The molecule has 1 aromatic heterocycles. The first-order valence-electron chi connectivity index (χ1n) is 11.6. The Labute approximate surface area is 194 Å². The molecule has 1 aromatic rings. The summed E-state index contributed by atoms with van der Waals surface area (Å²) in [7, 11) is 0. The van der Waals surface area contributed by atoms with Crippen LogP contribution in [0.5, 0.6) is 0 Å². The monoisotopic (exact) mass is 516 g/mol. The molecule has 2 N–H and O–H groups in total. The van der Waals surface area contributed by atoms with Crippen molar-refractivity contribution in [2.75, 3.05) is 13.1 Å². The quantitative estimate of drug-likeness (QED) is 0.245. The maximum Gasteiger partial charge on any atom is 0.191 e. The maximum absolute atomic E-state index is 4.83. The number of aliphatic imine (C=N–C) groups is 1. The summed E-state index contributed by atoms with van der Waals surface area (Å²) in [6, 6.07) is 0.570. The molecule has 29 heavy (non-hydrogen) atoms. The molecule has 0 saturated heterocycles. The third-order valence-electron chi connectivity index (χ3n) is 6.41. The molecular formula is C22H41IN6. The highest BCUT2D eigenvalue weighted by Crippen LogP contribution is 2.29. The molecule has 1 fully saturated rings. The predicted octanol–water partition coefficient (Wildman–Crippen LogP) is 4.33. The van der Waals surface area contributed by atoms with Gasteiger partial charge in [0.25, 0.3) is 0 Å². The van der Waals surface area contributed by atoms with Crippen LogP contribution in [-0.2, 0) is 19.4 Å². The van der Waals surface area contributed by atoms with E-state index >= 15 is 0 Å². The Morgan fingerprint density at radius 2 is 1.93 bits per heavy atom. The van der Waals surface area contributed by atoms with Crippen LogP contribution in [0, 0.1) is 11.8 Å². The summed E-state index contributed by atoms with van der Waals surface area (Å²) in [6.07, 6.45) is 12.1. The van der Waals surface area contributed by atoms with Crippen molar-refractivity contribution in [3.05, 3.63) is 11.6 Å². The summed E-state index contributed by atoms with van der Waals surface area (Å²) in [5, 5.41) is 15.9. The highest BCUT2D eigenvalue weighted by Gasteiger charge is 2.23. The largest absolute Gasteiger partial charge is 0.357 e. The summed E-state index contributed by atoms with van der Waals surface area (Å²) in [4.78, 5) is 4.83. The number of rotatable bonds is 7. The maximum atomic E-state index is 4.83. The van der Waals surface area contributed by atoms with Gasteiger partial charge in [-0.05, 0) is 63.7 Å². The van der Waals surface area contributed by atoms with Gasteiger partial charge in [-0.1, -0.05) is 20.3 Å². The van der Waals surface area contributed by atoms with E-state index in [0.717, 1.165) is 62.5 Å². The Kier molecular flexibility index (Phi) is 10.7. The van der Waals surface area contributed by atoms with Crippen molar-refractivity contribution in [2.45, 2.75) is 97.6 Å². The molecule has 6 nitrogen and oxygen atoms in total. The number of nitrogens with zero attached hydrogens (tertiary/aromatic N) is 4. The number of fused-ring (bicyclic) bond motifs is 1. The second-order valence-corrected chi connectivity index (χ2v) is 8.86. The van der Waals surface area contributed by atoms with Crippen molar-refractivity contribution in [1.82, 2.24) is 25.4 Å². The zero-order valence-corrected chi connectivity index (χ0v) is 21.0. The zero-order valence-electron chi connectivity index (χ0n) is 18.6. The van der Waals surface area contributed by atoms with Gasteiger partial charge in [-0.3, -0.25) is 4.99 Å². The summed E-state index contributed by atoms with van der Waals surface area (Å²) < 4.78 is 2.35. The van der Waals surface area contributed by atoms with Crippen LogP contribution in [-0.4, -0.2) is 39.9 Å². The van der Waals surface area contributed by atoms with Gasteiger partial charge in [-0.2, -0.15) is 0 Å². The topological polar surface area (TPSA) is 67.1 Å². The molecule has 0 amide bonds. The van der Waals surface area contributed by atoms with Crippen LogP contribution in [0.1, 0.15) is 83.8 Å². The second-order valence-electron chi connectivity index (χ2n) is 8.86. The number of hydrogen-bond acceptors (Lipinski definition) is 3. The summed E-state index contributed by atoms with van der Waals surface area (Å²) in [6.45, 7) is 9.68. The van der Waals surface area contributed by atoms with Gasteiger partial charge in [0.15, 0.2) is 5.96 Å². The average molecular weight is 517 g/mol. The van der Waals surface area contributed by atoms with Gasteiger partial charge < -0.3 is 15.2 Å². The molecule has 1 aliphatic heterocycles. The van der Waals surface area contributed by atoms with E-state index in [1.165, 1.54) is 50.8 Å². The summed E-state index contributed by atoms with van der Waals surface area (Å²) >= 11 is 0. The Balaban J connectivity index is 0.00000300. The minimum atomic E-state index is 0. The summed E-state index contributed by atoms with van der Waals surface area (Å²) in [5.74, 6) is 5.03. The van der Waals surface area contributed by atoms with Crippen molar-refractivity contribution in [2.24, 2.45) is 16.8 Å². The molecule has 7 heteroatoms. The third kappa shape index (κ3) is 7.40. The number of halogens is 1. The van der Waals surface area contributed by atoms with Gasteiger partial charge in [0.2, 0.25) is 0 Å². The molecule has 0 bridgehead atoms. The fourth-order valence-corrected chi connectivity index (χ4v) is 4.60. The summed E-state index contributed by atoms with van der Waals surface area (Å²) in [5.41, 5.74) is 0. The van der Waals surface area contributed by atoms with E-state index in [0.29, 0.717) is 6.04 Å². The third-order valence-corrected chi connectivity index (χ3v) is 6.41. The number of aromatic nitrogens is 3. The van der Waals surface area contributed by atoms with E-state index in [1.54, 1.807) is 0 Å². The molecular weight excluding hydrogens is 475 g/mol. The fraction of sp³-hybridized carbons (Fsp3) is 0.864. The van der Waals surface area contributed by atoms with Gasteiger partial charge in [0.05, 0.1) is 0 Å². The van der Waals surface area contributed by atoms with Crippen molar-refractivity contribution < 1.29 is 0 Å². The molecule has 0 radical (unpaired) electrons. The zero-order chi connectivity index (χ0) is 19.8. The molecule has 0 atom stereocenters. The van der Waals surface area contributed by atoms with Gasteiger partial charge in [-0.25, -0.2) is 0 Å². The molecule has 0 unspecified atom stereocenters. The van der Waals surface area contributed by atoms with Crippen LogP contribution in [0.4, 0.5) is 0 Å². The Morgan fingerprint density at radius 3 is 2.66 bits per heavy atom. The number of nitrogens with one attached hydrogen (secondary N) is 2. The Hall–Kier alpha value is -0.860. The lowest BCUT2D eigenvalue weighted by atomic mass is 9.80. The number of aryl methyl sites for hydroxylation is 2. The molecule has 0 spiro atoms. The van der Waals surface area contributed by atoms with Crippen molar-refractivity contribution >= 4 is 29.9 Å². The number of hydrogen-bond donors (Lipinski definition) is 2. The molecule has 1 aliphatic carbocycles. The standard InChI is InChI=1S/C22H40N6.HI/c1-4-23-22(25-19-13-11-18(12-14-19)17(2)3)24-15-8-10-21-27-26-20-9-6-5-7-16-28(20)21;/h17-19H,4-16H2,1-3H3,(H2,23,24,25);1H. The molecule has 1 saturated carbocycles. The molecule has 2 heterocycles. The molecule has 2 aliphatic rings. The lowest BCUT2D eigenvalue weighted by Crippen LogP contribution is -2.45. The minimum Gasteiger partial charge on any atom is -0.357 e. The predicted molar refractivity (Wildman–Crippen MR) is 131 cm³/mol. The van der Waals surface area contributed by atoms with Crippen LogP contribution in [0.3, 0.4) is 0 Å². The van der Waals surface area contributed by atoms with Crippen LogP contribution < -0.4 is 10.6 Å². The second kappa shape index (κ2) is 12.7. The van der Waals surface area contributed by atoms with Crippen LogP contribution in [0.25, 0.3) is 0 Å². The van der Waals surface area contributed by atoms with Gasteiger partial charge in [0, 0.05) is 38.5 Å². The number of guanidine groups is 1.